The van der Waals surface area contributed by atoms with Crippen molar-refractivity contribution in [3.8, 4) is 11.5 Å². The van der Waals surface area contributed by atoms with Crippen molar-refractivity contribution in [2.75, 3.05) is 26.3 Å². The molecule has 0 spiro atoms. The first kappa shape index (κ1) is 24.6. The molecule has 2 heterocycles. The number of aromatic nitrogens is 3. The molecule has 0 unspecified atom stereocenters. The second-order valence-corrected chi connectivity index (χ2v) is 8.16. The fourth-order valence-electron chi connectivity index (χ4n) is 4.17. The third kappa shape index (κ3) is 6.98. The van der Waals surface area contributed by atoms with Gasteiger partial charge in [0.1, 0.15) is 25.4 Å². The highest BCUT2D eigenvalue weighted by Crippen LogP contribution is 2.30. The van der Waals surface area contributed by atoms with Gasteiger partial charge in [0.2, 0.25) is 0 Å². The first-order valence-corrected chi connectivity index (χ1v) is 11.6. The van der Waals surface area contributed by atoms with Crippen LogP contribution in [0.3, 0.4) is 0 Å². The summed E-state index contributed by atoms with van der Waals surface area (Å²) in [5.74, 6) is 3.59. The van der Waals surface area contributed by atoms with Crippen LogP contribution >= 0.6 is 24.0 Å². The number of nitrogens with one attached hydrogen (secondary N) is 2. The van der Waals surface area contributed by atoms with Gasteiger partial charge >= 0.3 is 0 Å². The Balaban J connectivity index is 0.00000289. The number of halogens is 1. The van der Waals surface area contributed by atoms with Crippen molar-refractivity contribution < 1.29 is 9.47 Å². The van der Waals surface area contributed by atoms with Gasteiger partial charge in [0.05, 0.1) is 0 Å². The Kier molecular flexibility index (Phi) is 9.89. The van der Waals surface area contributed by atoms with Crippen LogP contribution in [0.15, 0.2) is 29.5 Å². The van der Waals surface area contributed by atoms with E-state index in [0.717, 1.165) is 49.2 Å². The molecule has 0 amide bonds. The Bertz CT molecular complexity index is 866. The molecule has 0 atom stereocenters. The standard InChI is InChI=1S/C23H34N6O2.HI/c1-2-22-28-26-17-29(22)13-12-25-23(27-19-6-4-3-5-7-19)24-11-10-18-8-9-20-21(16-18)31-15-14-30-20;/h8-9,16-17,19H,2-7,10-15H2,1H3,(H2,24,25,27);1H. The van der Waals surface area contributed by atoms with Gasteiger partial charge in [-0.25, -0.2) is 0 Å². The Morgan fingerprint density at radius 1 is 1.16 bits per heavy atom. The zero-order valence-electron chi connectivity index (χ0n) is 18.9. The Hall–Kier alpha value is -2.04. The maximum absolute atomic E-state index is 5.70. The monoisotopic (exact) mass is 554 g/mol. The van der Waals surface area contributed by atoms with E-state index >= 15 is 0 Å². The van der Waals surface area contributed by atoms with Gasteiger partial charge < -0.3 is 24.7 Å². The van der Waals surface area contributed by atoms with Gasteiger partial charge in [-0.1, -0.05) is 32.3 Å². The molecule has 0 radical (unpaired) electrons. The zero-order chi connectivity index (χ0) is 21.3. The molecule has 9 heteroatoms. The van der Waals surface area contributed by atoms with E-state index in [9.17, 15) is 0 Å². The lowest BCUT2D eigenvalue weighted by atomic mass is 9.96. The summed E-state index contributed by atoms with van der Waals surface area (Å²) >= 11 is 0. The van der Waals surface area contributed by atoms with Gasteiger partial charge in [-0.3, -0.25) is 4.99 Å². The lowest BCUT2D eigenvalue weighted by Crippen LogP contribution is -2.45. The van der Waals surface area contributed by atoms with Crippen LogP contribution in [0.4, 0.5) is 0 Å². The molecule has 176 valence electrons. The van der Waals surface area contributed by atoms with Crippen molar-refractivity contribution in [3.63, 3.8) is 0 Å². The maximum Gasteiger partial charge on any atom is 0.191 e. The highest BCUT2D eigenvalue weighted by Gasteiger charge is 2.15. The number of benzene rings is 1. The van der Waals surface area contributed by atoms with Gasteiger partial charge in [0, 0.05) is 32.1 Å². The number of aliphatic imine (C=N–C) groups is 1. The smallest absolute Gasteiger partial charge is 0.191 e. The van der Waals surface area contributed by atoms with Crippen LogP contribution in [0.2, 0.25) is 0 Å². The van der Waals surface area contributed by atoms with Gasteiger partial charge in [-0.15, -0.1) is 34.2 Å². The third-order valence-corrected chi connectivity index (χ3v) is 5.88. The molecule has 1 fully saturated rings. The molecular weight excluding hydrogens is 519 g/mol. The average Bonchev–Trinajstić information content (AvgIpc) is 3.27. The maximum atomic E-state index is 5.70. The minimum absolute atomic E-state index is 0. The van der Waals surface area contributed by atoms with Crippen LogP contribution in [0.25, 0.3) is 0 Å². The van der Waals surface area contributed by atoms with Crippen LogP contribution in [-0.4, -0.2) is 53.1 Å². The van der Waals surface area contributed by atoms with E-state index in [0.29, 0.717) is 25.8 Å². The summed E-state index contributed by atoms with van der Waals surface area (Å²) in [4.78, 5) is 4.87. The normalized spacial score (nSPS) is 16.3. The Morgan fingerprint density at radius 2 is 1.97 bits per heavy atom. The minimum atomic E-state index is 0. The molecule has 2 N–H and O–H groups in total. The molecule has 2 aliphatic rings. The quantitative estimate of drug-likeness (QED) is 0.296. The SMILES string of the molecule is CCc1nncn1CCNC(=NCCc1ccc2c(c1)OCCO2)NC1CCCCC1.I. The second-order valence-electron chi connectivity index (χ2n) is 8.16. The van der Waals surface area contributed by atoms with E-state index in [4.69, 9.17) is 14.5 Å². The van der Waals surface area contributed by atoms with Crippen molar-refractivity contribution in [1.82, 2.24) is 25.4 Å². The van der Waals surface area contributed by atoms with Gasteiger partial charge in [-0.05, 0) is 37.0 Å². The van der Waals surface area contributed by atoms with Crippen molar-refractivity contribution >= 4 is 29.9 Å². The molecule has 32 heavy (non-hydrogen) atoms. The largest absolute Gasteiger partial charge is 0.486 e. The van der Waals surface area contributed by atoms with E-state index in [1.54, 1.807) is 6.33 Å². The second kappa shape index (κ2) is 12.9. The molecular formula is C23H35IN6O2. The summed E-state index contributed by atoms with van der Waals surface area (Å²) < 4.78 is 13.4. The fourth-order valence-corrected chi connectivity index (χ4v) is 4.17. The summed E-state index contributed by atoms with van der Waals surface area (Å²) in [6.45, 7) is 5.66. The predicted molar refractivity (Wildman–Crippen MR) is 136 cm³/mol. The number of fused-ring (bicyclic) bond motifs is 1. The van der Waals surface area contributed by atoms with E-state index in [2.05, 4.69) is 44.5 Å². The Morgan fingerprint density at radius 3 is 2.78 bits per heavy atom. The molecule has 1 aliphatic carbocycles. The van der Waals surface area contributed by atoms with Crippen LogP contribution in [0.5, 0.6) is 11.5 Å². The zero-order valence-corrected chi connectivity index (χ0v) is 21.2. The first-order valence-electron chi connectivity index (χ1n) is 11.6. The summed E-state index contributed by atoms with van der Waals surface area (Å²) in [7, 11) is 0. The van der Waals surface area contributed by atoms with Crippen molar-refractivity contribution in [2.45, 2.75) is 64.5 Å². The molecule has 0 saturated heterocycles. The summed E-state index contributed by atoms with van der Waals surface area (Å²) in [6, 6.07) is 6.68. The molecule has 8 nitrogen and oxygen atoms in total. The van der Waals surface area contributed by atoms with Crippen LogP contribution < -0.4 is 20.1 Å². The summed E-state index contributed by atoms with van der Waals surface area (Å²) in [5.41, 5.74) is 1.21. The molecule has 2 aromatic rings. The first-order chi connectivity index (χ1) is 15.3. The molecule has 1 aromatic heterocycles. The number of guanidine groups is 1. The number of hydrogen-bond donors (Lipinski definition) is 2. The minimum Gasteiger partial charge on any atom is -0.486 e. The van der Waals surface area contributed by atoms with Crippen LogP contribution in [0.1, 0.15) is 50.4 Å². The van der Waals surface area contributed by atoms with Crippen molar-refractivity contribution in [2.24, 2.45) is 4.99 Å². The highest BCUT2D eigenvalue weighted by atomic mass is 127. The van der Waals surface area contributed by atoms with Gasteiger partial charge in [0.15, 0.2) is 17.5 Å². The van der Waals surface area contributed by atoms with Crippen molar-refractivity contribution in [3.05, 3.63) is 35.9 Å². The van der Waals surface area contributed by atoms with Gasteiger partial charge in [0.25, 0.3) is 0 Å². The average molecular weight is 554 g/mol. The summed E-state index contributed by atoms with van der Waals surface area (Å²) in [5, 5.41) is 15.3. The topological polar surface area (TPSA) is 85.6 Å². The highest BCUT2D eigenvalue weighted by molar-refractivity contribution is 14.0. The summed E-state index contributed by atoms with van der Waals surface area (Å²) in [6.07, 6.45) is 9.91. The van der Waals surface area contributed by atoms with E-state index in [-0.39, 0.29) is 24.0 Å². The number of hydrogen-bond acceptors (Lipinski definition) is 5. The molecule has 1 aliphatic heterocycles. The third-order valence-electron chi connectivity index (χ3n) is 5.88. The lowest BCUT2D eigenvalue weighted by molar-refractivity contribution is 0.171. The predicted octanol–water partition coefficient (Wildman–Crippen LogP) is 3.34. The molecule has 0 bridgehead atoms. The van der Waals surface area contributed by atoms with Gasteiger partial charge in [-0.2, -0.15) is 0 Å². The van der Waals surface area contributed by atoms with Crippen LogP contribution in [-0.2, 0) is 19.4 Å². The van der Waals surface area contributed by atoms with Crippen molar-refractivity contribution in [1.29, 1.82) is 0 Å². The fraction of sp³-hybridized carbons (Fsp3) is 0.609. The number of rotatable bonds is 8. The number of ether oxygens (including phenoxy) is 2. The Labute approximate surface area is 207 Å². The molecule has 4 rings (SSSR count). The van der Waals surface area contributed by atoms with Crippen LogP contribution in [0, 0.1) is 0 Å². The lowest BCUT2D eigenvalue weighted by Gasteiger charge is -2.25. The van der Waals surface area contributed by atoms with E-state index in [1.165, 1.54) is 37.7 Å². The van der Waals surface area contributed by atoms with E-state index in [1.807, 2.05) is 6.07 Å². The van der Waals surface area contributed by atoms with E-state index < -0.39 is 0 Å². The number of nitrogens with zero attached hydrogens (tertiary/aromatic N) is 4. The molecule has 1 saturated carbocycles. The number of aryl methyl sites for hydroxylation is 1. The molecule has 1 aromatic carbocycles.